The summed E-state index contributed by atoms with van der Waals surface area (Å²) in [7, 11) is 1.68. The van der Waals surface area contributed by atoms with E-state index in [1.165, 1.54) is 37.7 Å². The fourth-order valence-corrected chi connectivity index (χ4v) is 3.40. The van der Waals surface area contributed by atoms with Gasteiger partial charge in [-0.2, -0.15) is 0 Å². The van der Waals surface area contributed by atoms with Crippen molar-refractivity contribution in [3.63, 3.8) is 0 Å². The summed E-state index contributed by atoms with van der Waals surface area (Å²) in [6.45, 7) is 2.02. The number of benzene rings is 1. The van der Waals surface area contributed by atoms with E-state index < -0.39 is 0 Å². The van der Waals surface area contributed by atoms with Crippen molar-refractivity contribution in [3.05, 3.63) is 23.8 Å². The lowest BCUT2D eigenvalue weighted by atomic mass is 9.69. The van der Waals surface area contributed by atoms with Gasteiger partial charge in [-0.1, -0.05) is 25.3 Å². The average Bonchev–Trinajstić information content (AvgIpc) is 2.51. The Morgan fingerprint density at radius 2 is 1.95 bits per heavy atom. The first kappa shape index (κ1) is 14.7. The van der Waals surface area contributed by atoms with Gasteiger partial charge in [0.2, 0.25) is 0 Å². The Balaban J connectivity index is 1.88. The van der Waals surface area contributed by atoms with Crippen molar-refractivity contribution in [3.8, 4) is 11.5 Å². The van der Waals surface area contributed by atoms with E-state index in [4.69, 9.17) is 19.9 Å². The van der Waals surface area contributed by atoms with Gasteiger partial charge in [0.05, 0.1) is 20.3 Å². The lowest BCUT2D eigenvalue weighted by molar-refractivity contribution is -0.0803. The molecule has 1 aliphatic carbocycles. The highest BCUT2D eigenvalue weighted by atomic mass is 16.6. The fourth-order valence-electron chi connectivity index (χ4n) is 3.40. The molecule has 1 aliphatic heterocycles. The molecule has 0 bridgehead atoms. The van der Waals surface area contributed by atoms with Crippen LogP contribution in [0.5, 0.6) is 11.5 Å². The summed E-state index contributed by atoms with van der Waals surface area (Å²) in [6.07, 6.45) is 6.32. The summed E-state index contributed by atoms with van der Waals surface area (Å²) < 4.78 is 16.6. The van der Waals surface area contributed by atoms with Crippen molar-refractivity contribution in [2.75, 3.05) is 26.9 Å². The Labute approximate surface area is 126 Å². The van der Waals surface area contributed by atoms with Crippen LogP contribution in [0.25, 0.3) is 0 Å². The highest BCUT2D eigenvalue weighted by molar-refractivity contribution is 5.46. The van der Waals surface area contributed by atoms with Crippen LogP contribution < -0.4 is 15.2 Å². The van der Waals surface area contributed by atoms with E-state index >= 15 is 0 Å². The maximum Gasteiger partial charge on any atom is 0.162 e. The third kappa shape index (κ3) is 2.87. The monoisotopic (exact) mass is 291 g/mol. The molecule has 2 N–H and O–H groups in total. The molecule has 2 fully saturated rings. The van der Waals surface area contributed by atoms with Crippen LogP contribution in [0, 0.1) is 0 Å². The average molecular weight is 291 g/mol. The number of hydrogen-bond acceptors (Lipinski definition) is 4. The second-order valence-corrected chi connectivity index (χ2v) is 6.19. The summed E-state index contributed by atoms with van der Waals surface area (Å²) >= 11 is 0. The normalized spacial score (nSPS) is 21.6. The molecule has 1 heterocycles. The van der Waals surface area contributed by atoms with Crippen LogP contribution in [0.1, 0.15) is 37.7 Å². The van der Waals surface area contributed by atoms with Gasteiger partial charge in [-0.05, 0) is 30.5 Å². The summed E-state index contributed by atoms with van der Waals surface area (Å²) in [5.41, 5.74) is 7.54. The SMILES string of the molecule is COc1ccc(C2(CN)CCCCC2)cc1OC1COC1. The van der Waals surface area contributed by atoms with Gasteiger partial charge in [-0.3, -0.25) is 0 Å². The summed E-state index contributed by atoms with van der Waals surface area (Å²) in [5.74, 6) is 1.61. The van der Waals surface area contributed by atoms with Crippen LogP contribution in [0.4, 0.5) is 0 Å². The number of nitrogens with two attached hydrogens (primary N) is 1. The maximum atomic E-state index is 6.14. The molecule has 0 unspecified atom stereocenters. The van der Waals surface area contributed by atoms with Crippen molar-refractivity contribution < 1.29 is 14.2 Å². The summed E-state index contributed by atoms with van der Waals surface area (Å²) in [6, 6.07) is 6.30. The molecule has 1 aromatic rings. The van der Waals surface area contributed by atoms with E-state index in [2.05, 4.69) is 12.1 Å². The van der Waals surface area contributed by atoms with E-state index in [-0.39, 0.29) is 11.5 Å². The van der Waals surface area contributed by atoms with Gasteiger partial charge in [0.15, 0.2) is 11.5 Å². The minimum atomic E-state index is 0.110. The maximum absolute atomic E-state index is 6.14. The van der Waals surface area contributed by atoms with Gasteiger partial charge < -0.3 is 19.9 Å². The molecule has 4 heteroatoms. The Bertz CT molecular complexity index is 479. The van der Waals surface area contributed by atoms with Crippen molar-refractivity contribution in [1.29, 1.82) is 0 Å². The third-order valence-electron chi connectivity index (χ3n) is 4.88. The molecule has 0 spiro atoms. The third-order valence-corrected chi connectivity index (χ3v) is 4.88. The largest absolute Gasteiger partial charge is 0.493 e. The zero-order chi connectivity index (χ0) is 14.7. The Hall–Kier alpha value is -1.26. The molecular weight excluding hydrogens is 266 g/mol. The predicted molar refractivity (Wildman–Crippen MR) is 82.0 cm³/mol. The van der Waals surface area contributed by atoms with Gasteiger partial charge in [-0.25, -0.2) is 0 Å². The van der Waals surface area contributed by atoms with E-state index in [9.17, 15) is 0 Å². The van der Waals surface area contributed by atoms with Crippen molar-refractivity contribution in [2.45, 2.75) is 43.6 Å². The smallest absolute Gasteiger partial charge is 0.162 e. The van der Waals surface area contributed by atoms with Crippen LogP contribution in [0.15, 0.2) is 18.2 Å². The van der Waals surface area contributed by atoms with E-state index in [0.717, 1.165) is 11.5 Å². The van der Waals surface area contributed by atoms with Crippen LogP contribution in [-0.2, 0) is 10.2 Å². The highest BCUT2D eigenvalue weighted by Crippen LogP contribution is 2.42. The van der Waals surface area contributed by atoms with E-state index in [1.54, 1.807) is 7.11 Å². The molecule has 3 rings (SSSR count). The summed E-state index contributed by atoms with van der Waals surface area (Å²) in [5, 5.41) is 0. The van der Waals surface area contributed by atoms with Crippen LogP contribution in [0.3, 0.4) is 0 Å². The van der Waals surface area contributed by atoms with Gasteiger partial charge in [-0.15, -0.1) is 0 Å². The first-order valence-electron chi connectivity index (χ1n) is 7.90. The van der Waals surface area contributed by atoms with Gasteiger partial charge in [0.1, 0.15) is 6.10 Å². The molecule has 4 nitrogen and oxygen atoms in total. The molecule has 0 aromatic heterocycles. The fraction of sp³-hybridized carbons (Fsp3) is 0.647. The Morgan fingerprint density at radius 1 is 1.19 bits per heavy atom. The second kappa shape index (κ2) is 6.24. The van der Waals surface area contributed by atoms with Crippen LogP contribution in [-0.4, -0.2) is 33.0 Å². The lowest BCUT2D eigenvalue weighted by Gasteiger charge is -2.37. The first-order valence-corrected chi connectivity index (χ1v) is 7.90. The molecule has 21 heavy (non-hydrogen) atoms. The topological polar surface area (TPSA) is 53.7 Å². The molecule has 0 radical (unpaired) electrons. The minimum absolute atomic E-state index is 0.110. The number of hydrogen-bond donors (Lipinski definition) is 1. The van der Waals surface area contributed by atoms with Crippen molar-refractivity contribution in [1.82, 2.24) is 0 Å². The van der Waals surface area contributed by atoms with Gasteiger partial charge in [0.25, 0.3) is 0 Å². The minimum Gasteiger partial charge on any atom is -0.493 e. The Morgan fingerprint density at radius 3 is 2.52 bits per heavy atom. The second-order valence-electron chi connectivity index (χ2n) is 6.19. The van der Waals surface area contributed by atoms with Gasteiger partial charge >= 0.3 is 0 Å². The Kier molecular flexibility index (Phi) is 4.36. The predicted octanol–water partition coefficient (Wildman–Crippen LogP) is 2.63. The number of methoxy groups -OCH3 is 1. The molecule has 1 saturated carbocycles. The zero-order valence-electron chi connectivity index (χ0n) is 12.8. The first-order chi connectivity index (χ1) is 10.3. The van der Waals surface area contributed by atoms with Crippen molar-refractivity contribution >= 4 is 0 Å². The number of rotatable bonds is 5. The molecule has 0 atom stereocenters. The molecule has 2 aliphatic rings. The molecule has 116 valence electrons. The summed E-state index contributed by atoms with van der Waals surface area (Å²) in [4.78, 5) is 0. The van der Waals surface area contributed by atoms with Crippen LogP contribution >= 0.6 is 0 Å². The standard InChI is InChI=1S/C17H25NO3/c1-19-15-6-5-13(9-16(15)21-14-10-20-11-14)17(12-18)7-3-2-4-8-17/h5-6,9,14H,2-4,7-8,10-12,18H2,1H3. The number of ether oxygens (including phenoxy) is 3. The molecule has 0 amide bonds. The zero-order valence-corrected chi connectivity index (χ0v) is 12.8. The van der Waals surface area contributed by atoms with E-state index in [1.807, 2.05) is 6.07 Å². The molecule has 1 saturated heterocycles. The van der Waals surface area contributed by atoms with Crippen LogP contribution in [0.2, 0.25) is 0 Å². The molecular formula is C17H25NO3. The highest BCUT2D eigenvalue weighted by Gasteiger charge is 2.33. The lowest BCUT2D eigenvalue weighted by Crippen LogP contribution is -2.39. The molecule has 1 aromatic carbocycles. The van der Waals surface area contributed by atoms with E-state index in [0.29, 0.717) is 19.8 Å². The van der Waals surface area contributed by atoms with Crippen molar-refractivity contribution in [2.24, 2.45) is 5.73 Å². The van der Waals surface area contributed by atoms with Gasteiger partial charge in [0, 0.05) is 12.0 Å². The quantitative estimate of drug-likeness (QED) is 0.906.